The number of rotatable bonds is 1. The number of likely N-dealkylation sites (tertiary alicyclic amines) is 1. The maximum Gasteiger partial charge on any atom is 0.239 e. The van der Waals surface area contributed by atoms with Gasteiger partial charge < -0.3 is 10.2 Å². The predicted octanol–water partition coefficient (Wildman–Crippen LogP) is 1.42. The summed E-state index contributed by atoms with van der Waals surface area (Å²) in [4.78, 5) is 14.0. The second-order valence-electron chi connectivity index (χ2n) is 4.66. The lowest BCUT2D eigenvalue weighted by Gasteiger charge is -2.32. The highest BCUT2D eigenvalue weighted by atomic mass is 35.5. The van der Waals surface area contributed by atoms with Crippen LogP contribution in [0.2, 0.25) is 0 Å². The van der Waals surface area contributed by atoms with Gasteiger partial charge in [-0.3, -0.25) is 4.79 Å². The molecule has 88 valence electrons. The van der Waals surface area contributed by atoms with Crippen LogP contribution in [0.3, 0.4) is 0 Å². The van der Waals surface area contributed by atoms with E-state index in [9.17, 15) is 4.79 Å². The first kappa shape index (κ1) is 12.8. The van der Waals surface area contributed by atoms with Crippen molar-refractivity contribution < 1.29 is 4.79 Å². The van der Waals surface area contributed by atoms with Crippen molar-refractivity contribution in [3.8, 4) is 0 Å². The van der Waals surface area contributed by atoms with Crippen LogP contribution in [-0.2, 0) is 4.79 Å². The van der Waals surface area contributed by atoms with E-state index in [1.807, 2.05) is 4.90 Å². The second kappa shape index (κ2) is 5.71. The van der Waals surface area contributed by atoms with Crippen LogP contribution in [0.1, 0.15) is 32.6 Å². The third kappa shape index (κ3) is 3.08. The van der Waals surface area contributed by atoms with Crippen LogP contribution in [0.5, 0.6) is 0 Å². The normalized spacial score (nSPS) is 27.5. The zero-order valence-corrected chi connectivity index (χ0v) is 10.2. The van der Waals surface area contributed by atoms with Gasteiger partial charge >= 0.3 is 0 Å². The number of amides is 1. The Labute approximate surface area is 98.0 Å². The van der Waals surface area contributed by atoms with Crippen molar-refractivity contribution in [2.75, 3.05) is 19.6 Å². The molecule has 1 atom stereocenters. The summed E-state index contributed by atoms with van der Waals surface area (Å²) < 4.78 is 0. The summed E-state index contributed by atoms with van der Waals surface area (Å²) in [6.45, 7) is 5.23. The zero-order chi connectivity index (χ0) is 9.97. The summed E-state index contributed by atoms with van der Waals surface area (Å²) in [6, 6.07) is 0.128. The maximum absolute atomic E-state index is 12.0. The second-order valence-corrected chi connectivity index (χ2v) is 4.66. The Bertz CT molecular complexity index is 209. The molecule has 2 saturated heterocycles. The molecule has 0 aromatic rings. The summed E-state index contributed by atoms with van der Waals surface area (Å²) in [5.74, 6) is 1.14. The number of carbonyl (C=O) groups excluding carboxylic acids is 1. The number of piperidine rings is 1. The van der Waals surface area contributed by atoms with E-state index in [1.165, 1.54) is 12.8 Å². The van der Waals surface area contributed by atoms with Gasteiger partial charge in [0.1, 0.15) is 0 Å². The number of carbonyl (C=O) groups is 1. The Balaban J connectivity index is 0.00000112. The Kier molecular flexibility index (Phi) is 4.87. The first-order valence-electron chi connectivity index (χ1n) is 5.79. The summed E-state index contributed by atoms with van der Waals surface area (Å²) >= 11 is 0. The summed E-state index contributed by atoms with van der Waals surface area (Å²) in [6.07, 6.45) is 4.54. The first-order chi connectivity index (χ1) is 6.77. The quantitative estimate of drug-likeness (QED) is 0.742. The van der Waals surface area contributed by atoms with E-state index >= 15 is 0 Å². The third-order valence-corrected chi connectivity index (χ3v) is 3.45. The Hall–Kier alpha value is -0.280. The predicted molar refractivity (Wildman–Crippen MR) is 63.3 cm³/mol. The first-order valence-corrected chi connectivity index (χ1v) is 5.79. The van der Waals surface area contributed by atoms with Crippen LogP contribution in [0.4, 0.5) is 0 Å². The van der Waals surface area contributed by atoms with Crippen LogP contribution >= 0.6 is 12.4 Å². The van der Waals surface area contributed by atoms with E-state index in [0.29, 0.717) is 5.91 Å². The smallest absolute Gasteiger partial charge is 0.239 e. The van der Waals surface area contributed by atoms with Crippen molar-refractivity contribution in [1.82, 2.24) is 10.2 Å². The van der Waals surface area contributed by atoms with Gasteiger partial charge in [-0.2, -0.15) is 0 Å². The molecule has 4 heteroatoms. The molecule has 0 saturated carbocycles. The molecule has 1 unspecified atom stereocenters. The van der Waals surface area contributed by atoms with Crippen LogP contribution in [0, 0.1) is 5.92 Å². The number of halogens is 1. The molecule has 3 nitrogen and oxygen atoms in total. The van der Waals surface area contributed by atoms with Crippen LogP contribution in [0.15, 0.2) is 0 Å². The van der Waals surface area contributed by atoms with E-state index in [4.69, 9.17) is 0 Å². The molecule has 0 spiro atoms. The highest BCUT2D eigenvalue weighted by molar-refractivity contribution is 5.85. The van der Waals surface area contributed by atoms with Crippen molar-refractivity contribution in [3.63, 3.8) is 0 Å². The minimum absolute atomic E-state index is 0. The molecular formula is C11H21ClN2O. The minimum atomic E-state index is 0. The van der Waals surface area contributed by atoms with Crippen molar-refractivity contribution in [3.05, 3.63) is 0 Å². The molecular weight excluding hydrogens is 212 g/mol. The minimum Gasteiger partial charge on any atom is -0.341 e. The van der Waals surface area contributed by atoms with Gasteiger partial charge in [-0.25, -0.2) is 0 Å². The maximum atomic E-state index is 12.0. The van der Waals surface area contributed by atoms with Gasteiger partial charge in [-0.1, -0.05) is 6.92 Å². The fourth-order valence-corrected chi connectivity index (χ4v) is 2.34. The fourth-order valence-electron chi connectivity index (χ4n) is 2.34. The van der Waals surface area contributed by atoms with Gasteiger partial charge in [0.15, 0.2) is 0 Å². The van der Waals surface area contributed by atoms with Crippen molar-refractivity contribution in [2.45, 2.75) is 38.6 Å². The summed E-state index contributed by atoms with van der Waals surface area (Å²) in [5.41, 5.74) is 0. The molecule has 0 aromatic heterocycles. The number of nitrogens with one attached hydrogen (secondary N) is 1. The molecule has 0 aromatic carbocycles. The van der Waals surface area contributed by atoms with E-state index < -0.39 is 0 Å². The SMILES string of the molecule is CC1CCN(C(=O)C2CCCN2)CC1.Cl. The molecule has 0 bridgehead atoms. The van der Waals surface area contributed by atoms with E-state index in [2.05, 4.69) is 12.2 Å². The molecule has 0 radical (unpaired) electrons. The van der Waals surface area contributed by atoms with Crippen LogP contribution in [0.25, 0.3) is 0 Å². The molecule has 1 N–H and O–H groups in total. The molecule has 0 aliphatic carbocycles. The third-order valence-electron chi connectivity index (χ3n) is 3.45. The highest BCUT2D eigenvalue weighted by Gasteiger charge is 2.28. The monoisotopic (exact) mass is 232 g/mol. The topological polar surface area (TPSA) is 32.3 Å². The standard InChI is InChI=1S/C11H20N2O.ClH/c1-9-4-7-13(8-5-9)11(14)10-3-2-6-12-10;/h9-10,12H,2-8H2,1H3;1H. The Morgan fingerprint density at radius 1 is 1.27 bits per heavy atom. The molecule has 2 fully saturated rings. The van der Waals surface area contributed by atoms with Gasteiger partial charge in [0.25, 0.3) is 0 Å². The Morgan fingerprint density at radius 3 is 2.47 bits per heavy atom. The highest BCUT2D eigenvalue weighted by Crippen LogP contribution is 2.18. The van der Waals surface area contributed by atoms with Crippen molar-refractivity contribution >= 4 is 18.3 Å². The van der Waals surface area contributed by atoms with Crippen LogP contribution < -0.4 is 5.32 Å². The molecule has 2 aliphatic rings. The molecule has 2 heterocycles. The van der Waals surface area contributed by atoms with Gasteiger partial charge in [0.05, 0.1) is 6.04 Å². The molecule has 2 rings (SSSR count). The average Bonchev–Trinajstić information content (AvgIpc) is 2.71. The number of hydrogen-bond donors (Lipinski definition) is 1. The average molecular weight is 233 g/mol. The van der Waals surface area contributed by atoms with Gasteiger partial charge in [-0.05, 0) is 38.1 Å². The summed E-state index contributed by atoms with van der Waals surface area (Å²) in [7, 11) is 0. The number of hydrogen-bond acceptors (Lipinski definition) is 2. The van der Waals surface area contributed by atoms with E-state index in [1.54, 1.807) is 0 Å². The molecule has 1 amide bonds. The van der Waals surface area contributed by atoms with Gasteiger partial charge in [-0.15, -0.1) is 12.4 Å². The van der Waals surface area contributed by atoms with E-state index in [0.717, 1.165) is 38.4 Å². The van der Waals surface area contributed by atoms with E-state index in [-0.39, 0.29) is 18.4 Å². The lowest BCUT2D eigenvalue weighted by molar-refractivity contribution is -0.134. The van der Waals surface area contributed by atoms with Crippen LogP contribution in [-0.4, -0.2) is 36.5 Å². The fraction of sp³-hybridized carbons (Fsp3) is 0.909. The lowest BCUT2D eigenvalue weighted by atomic mass is 9.98. The molecule has 2 aliphatic heterocycles. The lowest BCUT2D eigenvalue weighted by Crippen LogP contribution is -2.46. The number of nitrogens with zero attached hydrogens (tertiary/aromatic N) is 1. The molecule has 15 heavy (non-hydrogen) atoms. The summed E-state index contributed by atoms with van der Waals surface area (Å²) in [5, 5.41) is 3.27. The van der Waals surface area contributed by atoms with Crippen molar-refractivity contribution in [2.24, 2.45) is 5.92 Å². The van der Waals surface area contributed by atoms with Gasteiger partial charge in [0, 0.05) is 13.1 Å². The Morgan fingerprint density at radius 2 is 1.93 bits per heavy atom. The van der Waals surface area contributed by atoms with Gasteiger partial charge in [0.2, 0.25) is 5.91 Å². The largest absolute Gasteiger partial charge is 0.341 e. The van der Waals surface area contributed by atoms with Crippen molar-refractivity contribution in [1.29, 1.82) is 0 Å². The zero-order valence-electron chi connectivity index (χ0n) is 9.37.